The number of hydrogen-bond donors (Lipinski definition) is 0. The molecule has 1 fully saturated rings. The maximum absolute atomic E-state index is 10.8. The highest BCUT2D eigenvalue weighted by atomic mass is 79.9. The van der Waals surface area contributed by atoms with Gasteiger partial charge in [-0.3, -0.25) is 4.79 Å². The van der Waals surface area contributed by atoms with Gasteiger partial charge < -0.3 is 9.26 Å². The SMILES string of the molecule is O=Cc1cc(OCc2nc(C3CC3)no2)ccc1Br. The number of nitrogens with zero attached hydrogens (tertiary/aromatic N) is 2. The van der Waals surface area contributed by atoms with Gasteiger partial charge in [0.1, 0.15) is 5.75 Å². The smallest absolute Gasteiger partial charge is 0.264 e. The lowest BCUT2D eigenvalue weighted by Gasteiger charge is -2.04. The van der Waals surface area contributed by atoms with Crippen LogP contribution in [-0.2, 0) is 6.61 Å². The lowest BCUT2D eigenvalue weighted by atomic mass is 10.2. The summed E-state index contributed by atoms with van der Waals surface area (Å²) in [4.78, 5) is 15.1. The maximum Gasteiger partial charge on any atom is 0.264 e. The predicted molar refractivity (Wildman–Crippen MR) is 70.1 cm³/mol. The first-order valence-electron chi connectivity index (χ1n) is 5.96. The van der Waals surface area contributed by atoms with Gasteiger partial charge in [0.2, 0.25) is 0 Å². The summed E-state index contributed by atoms with van der Waals surface area (Å²) in [5, 5.41) is 3.91. The van der Waals surface area contributed by atoms with E-state index in [1.165, 1.54) is 0 Å². The standard InChI is InChI=1S/C13H11BrN2O3/c14-11-4-3-10(5-9(11)6-17)18-7-12-15-13(16-19-12)8-1-2-8/h3-6,8H,1-2,7H2. The molecule has 0 unspecified atom stereocenters. The van der Waals surface area contributed by atoms with Crippen molar-refractivity contribution in [3.05, 3.63) is 40.0 Å². The number of carbonyl (C=O) groups excluding carboxylic acids is 1. The molecule has 1 aliphatic rings. The minimum Gasteiger partial charge on any atom is -0.484 e. The molecule has 0 saturated heterocycles. The Labute approximate surface area is 118 Å². The molecular weight excluding hydrogens is 312 g/mol. The van der Waals surface area contributed by atoms with Gasteiger partial charge in [-0.15, -0.1) is 0 Å². The summed E-state index contributed by atoms with van der Waals surface area (Å²) in [5.74, 6) is 2.28. The molecule has 0 N–H and O–H groups in total. The Morgan fingerprint density at radius 2 is 2.32 bits per heavy atom. The van der Waals surface area contributed by atoms with Gasteiger partial charge in [0.05, 0.1) is 0 Å². The number of rotatable bonds is 5. The zero-order valence-electron chi connectivity index (χ0n) is 10.0. The van der Waals surface area contributed by atoms with Crippen LogP contribution in [0.4, 0.5) is 0 Å². The minimum atomic E-state index is 0.208. The molecule has 5 nitrogen and oxygen atoms in total. The number of benzene rings is 1. The third-order valence-electron chi connectivity index (χ3n) is 2.88. The Morgan fingerprint density at radius 1 is 1.47 bits per heavy atom. The highest BCUT2D eigenvalue weighted by Gasteiger charge is 2.28. The quantitative estimate of drug-likeness (QED) is 0.791. The highest BCUT2D eigenvalue weighted by molar-refractivity contribution is 9.10. The number of aromatic nitrogens is 2. The van der Waals surface area contributed by atoms with Gasteiger partial charge in [-0.25, -0.2) is 0 Å². The summed E-state index contributed by atoms with van der Waals surface area (Å²) in [6.45, 7) is 0.208. The Morgan fingerprint density at radius 3 is 3.05 bits per heavy atom. The molecule has 0 bridgehead atoms. The van der Waals surface area contributed by atoms with Crippen molar-refractivity contribution >= 4 is 22.2 Å². The van der Waals surface area contributed by atoms with E-state index in [0.717, 1.165) is 29.4 Å². The summed E-state index contributed by atoms with van der Waals surface area (Å²) < 4.78 is 11.4. The molecule has 1 heterocycles. The van der Waals surface area contributed by atoms with Crippen LogP contribution in [-0.4, -0.2) is 16.4 Å². The first-order chi connectivity index (χ1) is 9.26. The molecule has 3 rings (SSSR count). The molecule has 1 aromatic heterocycles. The van der Waals surface area contributed by atoms with Crippen LogP contribution in [0.5, 0.6) is 5.75 Å². The number of carbonyl (C=O) groups is 1. The van der Waals surface area contributed by atoms with Crippen LogP contribution in [0, 0.1) is 0 Å². The molecule has 6 heteroatoms. The van der Waals surface area contributed by atoms with Crippen LogP contribution in [0.1, 0.15) is 40.8 Å². The van der Waals surface area contributed by atoms with Gasteiger partial charge in [-0.1, -0.05) is 21.1 Å². The minimum absolute atomic E-state index is 0.208. The zero-order valence-corrected chi connectivity index (χ0v) is 11.6. The lowest BCUT2D eigenvalue weighted by Crippen LogP contribution is -1.97. The predicted octanol–water partition coefficient (Wildman–Crippen LogP) is 3.10. The Kier molecular flexibility index (Phi) is 3.33. The van der Waals surface area contributed by atoms with Gasteiger partial charge in [-0.2, -0.15) is 4.98 Å². The van der Waals surface area contributed by atoms with E-state index in [4.69, 9.17) is 9.26 Å². The average Bonchev–Trinajstić information content (AvgIpc) is 3.17. The third kappa shape index (κ3) is 2.84. The van der Waals surface area contributed by atoms with E-state index >= 15 is 0 Å². The van der Waals surface area contributed by atoms with E-state index in [9.17, 15) is 4.79 Å². The molecule has 0 radical (unpaired) electrons. The topological polar surface area (TPSA) is 65.2 Å². The first-order valence-corrected chi connectivity index (χ1v) is 6.75. The van der Waals surface area contributed by atoms with Crippen molar-refractivity contribution in [2.45, 2.75) is 25.4 Å². The van der Waals surface area contributed by atoms with Crippen LogP contribution < -0.4 is 4.74 Å². The average molecular weight is 323 g/mol. The molecule has 1 aliphatic carbocycles. The second-order valence-electron chi connectivity index (χ2n) is 4.41. The number of hydrogen-bond acceptors (Lipinski definition) is 5. The first kappa shape index (κ1) is 12.3. The lowest BCUT2D eigenvalue weighted by molar-refractivity contribution is 0.112. The summed E-state index contributed by atoms with van der Waals surface area (Å²) in [6.07, 6.45) is 3.04. The van der Waals surface area contributed by atoms with Gasteiger partial charge in [-0.05, 0) is 31.0 Å². The van der Waals surface area contributed by atoms with Crippen molar-refractivity contribution in [2.24, 2.45) is 0 Å². The highest BCUT2D eigenvalue weighted by Crippen LogP contribution is 2.38. The summed E-state index contributed by atoms with van der Waals surface area (Å²) in [5.41, 5.74) is 0.543. The van der Waals surface area contributed by atoms with Crippen molar-refractivity contribution in [1.82, 2.24) is 10.1 Å². The van der Waals surface area contributed by atoms with Crippen LogP contribution in [0.3, 0.4) is 0 Å². The van der Waals surface area contributed by atoms with E-state index in [-0.39, 0.29) is 6.61 Å². The molecule has 1 saturated carbocycles. The normalized spacial score (nSPS) is 14.4. The van der Waals surface area contributed by atoms with Crippen LogP contribution >= 0.6 is 15.9 Å². The van der Waals surface area contributed by atoms with Gasteiger partial charge in [0.15, 0.2) is 18.7 Å². The van der Waals surface area contributed by atoms with Crippen molar-refractivity contribution in [3.63, 3.8) is 0 Å². The van der Waals surface area contributed by atoms with E-state index in [1.807, 2.05) is 0 Å². The molecule has 0 amide bonds. The number of aldehydes is 1. The van der Waals surface area contributed by atoms with E-state index in [2.05, 4.69) is 26.1 Å². The van der Waals surface area contributed by atoms with Crippen molar-refractivity contribution in [2.75, 3.05) is 0 Å². The number of ether oxygens (including phenoxy) is 1. The fourth-order valence-corrected chi connectivity index (χ4v) is 2.02. The zero-order chi connectivity index (χ0) is 13.2. The Hall–Kier alpha value is -1.69. The van der Waals surface area contributed by atoms with E-state index < -0.39 is 0 Å². The largest absolute Gasteiger partial charge is 0.484 e. The van der Waals surface area contributed by atoms with Crippen molar-refractivity contribution in [1.29, 1.82) is 0 Å². The fourth-order valence-electron chi connectivity index (χ4n) is 1.68. The van der Waals surface area contributed by atoms with Gasteiger partial charge in [0.25, 0.3) is 5.89 Å². The maximum atomic E-state index is 10.8. The van der Waals surface area contributed by atoms with Crippen molar-refractivity contribution < 1.29 is 14.1 Å². The molecule has 2 aromatic rings. The second-order valence-corrected chi connectivity index (χ2v) is 5.26. The van der Waals surface area contributed by atoms with E-state index in [1.54, 1.807) is 18.2 Å². The molecule has 1 aromatic carbocycles. The van der Waals surface area contributed by atoms with Crippen LogP contribution in [0.2, 0.25) is 0 Å². The third-order valence-corrected chi connectivity index (χ3v) is 3.61. The van der Waals surface area contributed by atoms with Crippen molar-refractivity contribution in [3.8, 4) is 5.75 Å². The molecule has 0 aliphatic heterocycles. The molecule has 19 heavy (non-hydrogen) atoms. The summed E-state index contributed by atoms with van der Waals surface area (Å²) in [6, 6.07) is 5.20. The van der Waals surface area contributed by atoms with Gasteiger partial charge >= 0.3 is 0 Å². The monoisotopic (exact) mass is 322 g/mol. The molecular formula is C13H11BrN2O3. The number of halogens is 1. The summed E-state index contributed by atoms with van der Waals surface area (Å²) >= 11 is 3.29. The summed E-state index contributed by atoms with van der Waals surface area (Å²) in [7, 11) is 0. The van der Waals surface area contributed by atoms with Gasteiger partial charge in [0, 0.05) is 16.0 Å². The second kappa shape index (κ2) is 5.13. The molecule has 98 valence electrons. The Bertz CT molecular complexity index is 608. The van der Waals surface area contributed by atoms with Crippen LogP contribution in [0.25, 0.3) is 0 Å². The molecule has 0 atom stereocenters. The van der Waals surface area contributed by atoms with Crippen LogP contribution in [0.15, 0.2) is 27.2 Å². The van der Waals surface area contributed by atoms with E-state index in [0.29, 0.717) is 23.1 Å². The fraction of sp³-hybridized carbons (Fsp3) is 0.308. The molecule has 0 spiro atoms. The Balaban J connectivity index is 1.65.